The molecule has 1 saturated carbocycles. The van der Waals surface area contributed by atoms with Gasteiger partial charge >= 0.3 is 5.97 Å². The van der Waals surface area contributed by atoms with Crippen LogP contribution in [0.15, 0.2) is 42.5 Å². The lowest BCUT2D eigenvalue weighted by molar-refractivity contribution is 0.0692. The third kappa shape index (κ3) is 2.31. The second-order valence-corrected chi connectivity index (χ2v) is 5.25. The van der Waals surface area contributed by atoms with Crippen LogP contribution in [-0.2, 0) is 0 Å². The maximum atomic E-state index is 13.7. The normalized spacial score (nSPS) is 14.8. The van der Waals surface area contributed by atoms with Gasteiger partial charge in [-0.3, -0.25) is 0 Å². The van der Waals surface area contributed by atoms with Crippen LogP contribution in [0.5, 0.6) is 0 Å². The summed E-state index contributed by atoms with van der Waals surface area (Å²) in [5.74, 6) is -1.31. The van der Waals surface area contributed by atoms with Crippen LogP contribution in [0.1, 0.15) is 41.1 Å². The number of hydrogen-bond acceptors (Lipinski definition) is 1. The summed E-state index contributed by atoms with van der Waals surface area (Å²) in [6, 6.07) is 12.4. The van der Waals surface area contributed by atoms with Crippen molar-refractivity contribution in [2.75, 3.05) is 0 Å². The first-order valence-corrected chi connectivity index (χ1v) is 6.78. The smallest absolute Gasteiger partial charge is 0.338 e. The van der Waals surface area contributed by atoms with E-state index >= 15 is 0 Å². The van der Waals surface area contributed by atoms with Gasteiger partial charge in [-0.05, 0) is 47.6 Å². The molecule has 0 spiro atoms. The van der Waals surface area contributed by atoms with Gasteiger partial charge in [0.1, 0.15) is 5.82 Å². The van der Waals surface area contributed by atoms with E-state index in [4.69, 9.17) is 5.11 Å². The van der Waals surface area contributed by atoms with E-state index in [1.54, 1.807) is 6.07 Å². The molecule has 0 amide bonds. The molecule has 1 fully saturated rings. The molecule has 2 nitrogen and oxygen atoms in total. The zero-order valence-electron chi connectivity index (χ0n) is 11.0. The number of halogens is 1. The van der Waals surface area contributed by atoms with E-state index in [0.717, 1.165) is 5.56 Å². The second-order valence-electron chi connectivity index (χ2n) is 5.25. The van der Waals surface area contributed by atoms with Crippen molar-refractivity contribution in [3.8, 4) is 11.1 Å². The molecule has 0 unspecified atom stereocenters. The molecule has 0 aromatic heterocycles. The molecule has 3 rings (SSSR count). The molecule has 1 N–H and O–H groups in total. The van der Waals surface area contributed by atoms with Gasteiger partial charge in [0.25, 0.3) is 0 Å². The van der Waals surface area contributed by atoms with Crippen molar-refractivity contribution in [2.24, 2.45) is 0 Å². The van der Waals surface area contributed by atoms with Crippen LogP contribution in [0.3, 0.4) is 0 Å². The lowest BCUT2D eigenvalue weighted by Gasteiger charge is -2.26. The topological polar surface area (TPSA) is 37.3 Å². The van der Waals surface area contributed by atoms with Gasteiger partial charge in [0.05, 0.1) is 5.56 Å². The molecule has 0 aliphatic heterocycles. The van der Waals surface area contributed by atoms with Gasteiger partial charge in [-0.15, -0.1) is 0 Å². The summed E-state index contributed by atoms with van der Waals surface area (Å²) in [4.78, 5) is 10.8. The van der Waals surface area contributed by atoms with E-state index in [9.17, 15) is 9.18 Å². The Kier molecular flexibility index (Phi) is 3.26. The third-order valence-corrected chi connectivity index (χ3v) is 4.00. The molecule has 3 heteroatoms. The molecular weight excluding hydrogens is 255 g/mol. The molecule has 0 atom stereocenters. The highest BCUT2D eigenvalue weighted by Gasteiger charge is 2.19. The minimum atomic E-state index is -1.24. The zero-order valence-corrected chi connectivity index (χ0v) is 11.0. The Hall–Kier alpha value is -2.16. The summed E-state index contributed by atoms with van der Waals surface area (Å²) in [5, 5.41) is 8.84. The van der Waals surface area contributed by atoms with Gasteiger partial charge in [-0.2, -0.15) is 0 Å². The number of benzene rings is 2. The molecule has 0 heterocycles. The number of carbonyl (C=O) groups is 1. The van der Waals surface area contributed by atoms with Crippen LogP contribution in [0.4, 0.5) is 4.39 Å². The largest absolute Gasteiger partial charge is 0.478 e. The monoisotopic (exact) mass is 270 g/mol. The van der Waals surface area contributed by atoms with Crippen LogP contribution in [0.25, 0.3) is 11.1 Å². The van der Waals surface area contributed by atoms with Crippen molar-refractivity contribution in [1.29, 1.82) is 0 Å². The molecule has 2 aromatic rings. The zero-order chi connectivity index (χ0) is 14.1. The summed E-state index contributed by atoms with van der Waals surface area (Å²) in [7, 11) is 0. The molecule has 0 saturated heterocycles. The summed E-state index contributed by atoms with van der Waals surface area (Å²) in [6.45, 7) is 0. The van der Waals surface area contributed by atoms with Gasteiger partial charge in [0.2, 0.25) is 0 Å². The molecule has 1 aliphatic rings. The van der Waals surface area contributed by atoms with Crippen LogP contribution in [-0.4, -0.2) is 11.1 Å². The lowest BCUT2D eigenvalue weighted by atomic mass is 9.79. The Labute approximate surface area is 116 Å². The number of hydrogen-bond donors (Lipinski definition) is 1. The number of rotatable bonds is 3. The first-order valence-electron chi connectivity index (χ1n) is 6.78. The van der Waals surface area contributed by atoms with Crippen LogP contribution in [0, 0.1) is 5.82 Å². The Morgan fingerprint density at radius 1 is 1.10 bits per heavy atom. The Balaban J connectivity index is 1.96. The third-order valence-electron chi connectivity index (χ3n) is 4.00. The van der Waals surface area contributed by atoms with E-state index in [1.165, 1.54) is 37.0 Å². The average molecular weight is 270 g/mol. The van der Waals surface area contributed by atoms with Crippen molar-refractivity contribution in [3.63, 3.8) is 0 Å². The highest BCUT2D eigenvalue weighted by Crippen LogP contribution is 2.37. The molecule has 2 aromatic carbocycles. The summed E-state index contributed by atoms with van der Waals surface area (Å²) in [6.07, 6.45) is 3.71. The van der Waals surface area contributed by atoms with E-state index in [-0.39, 0.29) is 5.56 Å². The van der Waals surface area contributed by atoms with E-state index in [2.05, 4.69) is 12.1 Å². The van der Waals surface area contributed by atoms with Crippen molar-refractivity contribution >= 4 is 5.97 Å². The Bertz CT molecular complexity index is 660. The fourth-order valence-corrected chi connectivity index (χ4v) is 2.58. The maximum Gasteiger partial charge on any atom is 0.338 e. The molecule has 102 valence electrons. The summed E-state index contributed by atoms with van der Waals surface area (Å²) in [5.41, 5.74) is 2.65. The van der Waals surface area contributed by atoms with E-state index in [1.807, 2.05) is 12.1 Å². The predicted octanol–water partition coefficient (Wildman–Crippen LogP) is 4.46. The fraction of sp³-hybridized carbons (Fsp3) is 0.235. The van der Waals surface area contributed by atoms with Crippen molar-refractivity contribution in [1.82, 2.24) is 0 Å². The number of carboxylic acids is 1. The molecule has 0 radical (unpaired) electrons. The van der Waals surface area contributed by atoms with Crippen LogP contribution in [0.2, 0.25) is 0 Å². The Morgan fingerprint density at radius 2 is 1.85 bits per heavy atom. The molecule has 0 bridgehead atoms. The molecule has 1 aliphatic carbocycles. The van der Waals surface area contributed by atoms with Crippen LogP contribution >= 0.6 is 0 Å². The second kappa shape index (κ2) is 5.08. The first-order chi connectivity index (χ1) is 9.65. The lowest BCUT2D eigenvalue weighted by Crippen LogP contribution is -2.08. The minimum absolute atomic E-state index is 0.288. The van der Waals surface area contributed by atoms with Gasteiger partial charge in [-0.1, -0.05) is 36.8 Å². The van der Waals surface area contributed by atoms with Gasteiger partial charge in [0, 0.05) is 0 Å². The average Bonchev–Trinajstić information content (AvgIpc) is 2.36. The quantitative estimate of drug-likeness (QED) is 0.894. The number of carboxylic acid groups (broad SMARTS) is 1. The first kappa shape index (κ1) is 12.9. The standard InChI is InChI=1S/C17H15FO2/c18-16-10-14(7-8-15(16)17(19)20)13-6-2-5-12(9-13)11-3-1-4-11/h2,5-11H,1,3-4H2,(H,19,20). The van der Waals surface area contributed by atoms with Crippen molar-refractivity contribution < 1.29 is 14.3 Å². The summed E-state index contributed by atoms with van der Waals surface area (Å²) >= 11 is 0. The van der Waals surface area contributed by atoms with Crippen molar-refractivity contribution in [3.05, 3.63) is 59.4 Å². The van der Waals surface area contributed by atoms with E-state index in [0.29, 0.717) is 11.5 Å². The number of aromatic carboxylic acids is 1. The maximum absolute atomic E-state index is 13.7. The van der Waals surface area contributed by atoms with Gasteiger partial charge in [-0.25, -0.2) is 9.18 Å². The van der Waals surface area contributed by atoms with Gasteiger partial charge < -0.3 is 5.11 Å². The SMILES string of the molecule is O=C(O)c1ccc(-c2cccc(C3CCC3)c2)cc1F. The molecule has 20 heavy (non-hydrogen) atoms. The fourth-order valence-electron chi connectivity index (χ4n) is 2.58. The highest BCUT2D eigenvalue weighted by atomic mass is 19.1. The van der Waals surface area contributed by atoms with Gasteiger partial charge in [0.15, 0.2) is 0 Å². The van der Waals surface area contributed by atoms with Crippen LogP contribution < -0.4 is 0 Å². The molecular formula is C17H15FO2. The highest BCUT2D eigenvalue weighted by molar-refractivity contribution is 5.88. The summed E-state index contributed by atoms with van der Waals surface area (Å²) < 4.78 is 13.7. The minimum Gasteiger partial charge on any atom is -0.478 e. The predicted molar refractivity (Wildman–Crippen MR) is 75.4 cm³/mol. The van der Waals surface area contributed by atoms with E-state index < -0.39 is 11.8 Å². The Morgan fingerprint density at radius 3 is 2.45 bits per heavy atom. The van der Waals surface area contributed by atoms with Crippen molar-refractivity contribution in [2.45, 2.75) is 25.2 Å².